The van der Waals surface area contributed by atoms with Gasteiger partial charge in [-0.15, -0.1) is 24.8 Å². The molecule has 1 aliphatic heterocycles. The van der Waals surface area contributed by atoms with Crippen molar-refractivity contribution < 1.29 is 15.0 Å². The second-order valence-electron chi connectivity index (χ2n) is 8.89. The number of likely N-dealkylation sites (tertiary alicyclic amines) is 1. The van der Waals surface area contributed by atoms with Gasteiger partial charge < -0.3 is 20.0 Å². The molecule has 3 atom stereocenters. The van der Waals surface area contributed by atoms with Gasteiger partial charge in [0.25, 0.3) is 0 Å². The van der Waals surface area contributed by atoms with Gasteiger partial charge in [0.15, 0.2) is 0 Å². The lowest BCUT2D eigenvalue weighted by atomic mass is 9.63. The first-order valence-electron chi connectivity index (χ1n) is 11.2. The van der Waals surface area contributed by atoms with Crippen molar-refractivity contribution in [3.63, 3.8) is 0 Å². The first kappa shape index (κ1) is 31.4. The SMILES string of the molecule is CCN(CC)CC1(C)CN(C)C(C)CC1(O)c1ccccc1.Cl.Cl.O=C(O)c1ccccc1. The van der Waals surface area contributed by atoms with Crippen LogP contribution in [0.3, 0.4) is 0 Å². The predicted molar refractivity (Wildman–Crippen MR) is 141 cm³/mol. The van der Waals surface area contributed by atoms with Gasteiger partial charge in [0.05, 0.1) is 11.2 Å². The minimum absolute atomic E-state index is 0. The zero-order valence-electron chi connectivity index (χ0n) is 20.4. The monoisotopic (exact) mass is 498 g/mol. The summed E-state index contributed by atoms with van der Waals surface area (Å²) in [6.45, 7) is 12.7. The highest BCUT2D eigenvalue weighted by atomic mass is 35.5. The number of hydrogen-bond donors (Lipinski definition) is 2. The van der Waals surface area contributed by atoms with Crippen LogP contribution in [0, 0.1) is 5.41 Å². The van der Waals surface area contributed by atoms with E-state index in [-0.39, 0.29) is 30.2 Å². The second kappa shape index (κ2) is 13.9. The molecule has 3 unspecified atom stereocenters. The zero-order valence-corrected chi connectivity index (χ0v) is 22.0. The van der Waals surface area contributed by atoms with Crippen LogP contribution in [-0.2, 0) is 5.60 Å². The third-order valence-corrected chi connectivity index (χ3v) is 6.68. The number of carboxylic acid groups (broad SMARTS) is 1. The van der Waals surface area contributed by atoms with E-state index >= 15 is 0 Å². The Labute approximate surface area is 211 Å². The summed E-state index contributed by atoms with van der Waals surface area (Å²) in [6, 6.07) is 18.9. The molecule has 0 aromatic heterocycles. The molecule has 0 aliphatic carbocycles. The molecule has 1 fully saturated rings. The van der Waals surface area contributed by atoms with Crippen LogP contribution in [0.4, 0.5) is 0 Å². The molecule has 2 N–H and O–H groups in total. The number of aliphatic hydroxyl groups is 1. The molecular weight excluding hydrogens is 459 g/mol. The van der Waals surface area contributed by atoms with E-state index in [0.717, 1.165) is 38.2 Å². The minimum Gasteiger partial charge on any atom is -0.478 e. The average molecular weight is 500 g/mol. The third kappa shape index (κ3) is 7.69. The molecule has 3 rings (SSSR count). The first-order chi connectivity index (χ1) is 14.7. The Kier molecular flexibility index (Phi) is 13.2. The number of hydrogen-bond acceptors (Lipinski definition) is 4. The molecule has 186 valence electrons. The van der Waals surface area contributed by atoms with Gasteiger partial charge in [-0.25, -0.2) is 4.79 Å². The largest absolute Gasteiger partial charge is 0.478 e. The van der Waals surface area contributed by atoms with Gasteiger partial charge >= 0.3 is 5.97 Å². The Bertz CT molecular complexity index is 821. The molecule has 0 amide bonds. The molecule has 1 heterocycles. The van der Waals surface area contributed by atoms with E-state index in [1.807, 2.05) is 18.2 Å². The van der Waals surface area contributed by atoms with Gasteiger partial charge in [-0.05, 0) is 51.2 Å². The molecule has 0 spiro atoms. The number of aromatic carboxylic acids is 1. The Morgan fingerprint density at radius 3 is 1.94 bits per heavy atom. The maximum Gasteiger partial charge on any atom is 0.335 e. The fourth-order valence-electron chi connectivity index (χ4n) is 4.55. The fourth-order valence-corrected chi connectivity index (χ4v) is 4.55. The Morgan fingerprint density at radius 1 is 1.03 bits per heavy atom. The van der Waals surface area contributed by atoms with E-state index < -0.39 is 11.6 Å². The van der Waals surface area contributed by atoms with Crippen molar-refractivity contribution in [2.45, 2.75) is 45.8 Å². The van der Waals surface area contributed by atoms with Gasteiger partial charge in [-0.2, -0.15) is 0 Å². The fraction of sp³-hybridized carbons (Fsp3) is 0.500. The van der Waals surface area contributed by atoms with E-state index in [9.17, 15) is 9.90 Å². The average Bonchev–Trinajstić information content (AvgIpc) is 2.78. The molecule has 33 heavy (non-hydrogen) atoms. The molecule has 0 radical (unpaired) electrons. The minimum atomic E-state index is -0.879. The lowest BCUT2D eigenvalue weighted by Gasteiger charge is -2.55. The molecule has 0 saturated carbocycles. The first-order valence-corrected chi connectivity index (χ1v) is 11.2. The standard InChI is InChI=1S/C19H32N2O.C7H6O2.2ClH/c1-6-21(7-2)15-18(4)14-20(5)16(3)13-19(18,22)17-11-9-8-10-12-17;8-7(9)6-4-2-1-3-5-6;;/h8-12,16,22H,6-7,13-15H2,1-5H3;1-5H,(H,8,9);2*1H. The number of piperidine rings is 1. The maximum atomic E-state index is 11.7. The molecule has 2 aromatic rings. The quantitative estimate of drug-likeness (QED) is 0.574. The molecule has 7 heteroatoms. The lowest BCUT2D eigenvalue weighted by molar-refractivity contribution is -0.154. The highest BCUT2D eigenvalue weighted by molar-refractivity contribution is 5.87. The van der Waals surface area contributed by atoms with Crippen molar-refractivity contribution in [2.75, 3.05) is 33.2 Å². The summed E-state index contributed by atoms with van der Waals surface area (Å²) in [6.07, 6.45) is 0.783. The van der Waals surface area contributed by atoms with Crippen molar-refractivity contribution in [3.05, 3.63) is 71.8 Å². The zero-order chi connectivity index (χ0) is 23.1. The van der Waals surface area contributed by atoms with E-state index in [1.165, 1.54) is 0 Å². The Hall–Kier alpha value is -1.63. The summed E-state index contributed by atoms with van der Waals surface area (Å²) in [7, 11) is 2.18. The molecule has 5 nitrogen and oxygen atoms in total. The summed E-state index contributed by atoms with van der Waals surface area (Å²) < 4.78 is 0. The van der Waals surface area contributed by atoms with Crippen LogP contribution in [0.15, 0.2) is 60.7 Å². The summed E-state index contributed by atoms with van der Waals surface area (Å²) in [5.41, 5.74) is 0.437. The van der Waals surface area contributed by atoms with Crippen LogP contribution in [0.25, 0.3) is 0 Å². The van der Waals surface area contributed by atoms with Gasteiger partial charge in [-0.3, -0.25) is 0 Å². The van der Waals surface area contributed by atoms with Crippen LogP contribution in [-0.4, -0.2) is 65.3 Å². The Morgan fingerprint density at radius 2 is 1.52 bits per heavy atom. The summed E-state index contributed by atoms with van der Waals surface area (Å²) in [5.74, 6) is -0.879. The number of halogens is 2. The van der Waals surface area contributed by atoms with E-state index in [4.69, 9.17) is 5.11 Å². The molecule has 2 aromatic carbocycles. The summed E-state index contributed by atoms with van der Waals surface area (Å²) in [5, 5.41) is 20.1. The van der Waals surface area contributed by atoms with Crippen LogP contribution >= 0.6 is 24.8 Å². The van der Waals surface area contributed by atoms with Crippen LogP contribution < -0.4 is 0 Å². The van der Waals surface area contributed by atoms with Crippen molar-refractivity contribution in [2.24, 2.45) is 5.41 Å². The molecular formula is C26H40Cl2N2O3. The third-order valence-electron chi connectivity index (χ3n) is 6.68. The summed E-state index contributed by atoms with van der Waals surface area (Å²) in [4.78, 5) is 15.0. The number of carbonyl (C=O) groups is 1. The van der Waals surface area contributed by atoms with E-state index in [1.54, 1.807) is 30.3 Å². The lowest BCUT2D eigenvalue weighted by Crippen LogP contribution is -2.62. The van der Waals surface area contributed by atoms with Crippen molar-refractivity contribution in [3.8, 4) is 0 Å². The number of benzene rings is 2. The van der Waals surface area contributed by atoms with Crippen LogP contribution in [0.1, 0.15) is 50.0 Å². The molecule has 1 aliphatic rings. The Balaban J connectivity index is 0.000000789. The van der Waals surface area contributed by atoms with E-state index in [2.05, 4.69) is 56.7 Å². The van der Waals surface area contributed by atoms with Gasteiger partial charge in [0, 0.05) is 24.5 Å². The van der Waals surface area contributed by atoms with Crippen LogP contribution in [0.5, 0.6) is 0 Å². The van der Waals surface area contributed by atoms with Gasteiger partial charge in [0.2, 0.25) is 0 Å². The second-order valence-corrected chi connectivity index (χ2v) is 8.89. The molecule has 0 bridgehead atoms. The van der Waals surface area contributed by atoms with Crippen molar-refractivity contribution >= 4 is 30.8 Å². The normalized spacial score (nSPS) is 24.6. The van der Waals surface area contributed by atoms with Crippen molar-refractivity contribution in [1.82, 2.24) is 9.80 Å². The van der Waals surface area contributed by atoms with Crippen molar-refractivity contribution in [1.29, 1.82) is 0 Å². The number of carboxylic acids is 1. The highest BCUT2D eigenvalue weighted by Crippen LogP contribution is 2.48. The van der Waals surface area contributed by atoms with Gasteiger partial charge in [0.1, 0.15) is 0 Å². The van der Waals surface area contributed by atoms with E-state index in [0.29, 0.717) is 11.6 Å². The maximum absolute atomic E-state index is 11.7. The number of nitrogens with zero attached hydrogens (tertiary/aromatic N) is 2. The smallest absolute Gasteiger partial charge is 0.335 e. The highest BCUT2D eigenvalue weighted by Gasteiger charge is 2.53. The van der Waals surface area contributed by atoms with Crippen LogP contribution in [0.2, 0.25) is 0 Å². The number of rotatable bonds is 6. The predicted octanol–water partition coefficient (Wildman–Crippen LogP) is 5.17. The van der Waals surface area contributed by atoms with Gasteiger partial charge in [-0.1, -0.05) is 69.3 Å². The topological polar surface area (TPSA) is 64.0 Å². The molecule has 1 saturated heterocycles. The summed E-state index contributed by atoms with van der Waals surface area (Å²) >= 11 is 0.